The SMILES string of the molecule is NCCCN(C=O)C(=O)C(=O)Nc1c(Cl)cccc1Cl. The van der Waals surface area contributed by atoms with E-state index >= 15 is 0 Å². The van der Waals surface area contributed by atoms with Gasteiger partial charge < -0.3 is 11.1 Å². The lowest BCUT2D eigenvalue weighted by Crippen LogP contribution is -2.40. The Morgan fingerprint density at radius 2 is 1.90 bits per heavy atom. The van der Waals surface area contributed by atoms with Crippen LogP contribution in [0.25, 0.3) is 0 Å². The van der Waals surface area contributed by atoms with Gasteiger partial charge in [-0.05, 0) is 25.1 Å². The number of nitrogens with one attached hydrogen (secondary N) is 1. The zero-order valence-corrected chi connectivity index (χ0v) is 11.9. The molecule has 0 saturated carbocycles. The molecule has 0 aliphatic heterocycles. The molecule has 1 rings (SSSR count). The molecule has 0 unspecified atom stereocenters. The van der Waals surface area contributed by atoms with E-state index < -0.39 is 11.8 Å². The van der Waals surface area contributed by atoms with E-state index in [4.69, 9.17) is 28.9 Å². The van der Waals surface area contributed by atoms with E-state index in [-0.39, 0.29) is 28.7 Å². The van der Waals surface area contributed by atoms with Crippen LogP contribution >= 0.6 is 23.2 Å². The van der Waals surface area contributed by atoms with Gasteiger partial charge >= 0.3 is 11.8 Å². The van der Waals surface area contributed by atoms with Gasteiger partial charge in [0.2, 0.25) is 6.41 Å². The number of amides is 3. The summed E-state index contributed by atoms with van der Waals surface area (Å²) in [7, 11) is 0. The first-order valence-electron chi connectivity index (χ1n) is 5.72. The Morgan fingerprint density at radius 1 is 1.30 bits per heavy atom. The topological polar surface area (TPSA) is 92.5 Å². The number of rotatable bonds is 5. The third-order valence-corrected chi connectivity index (χ3v) is 3.02. The molecular weight excluding hydrogens is 305 g/mol. The van der Waals surface area contributed by atoms with Gasteiger partial charge in [-0.25, -0.2) is 0 Å². The lowest BCUT2D eigenvalue weighted by Gasteiger charge is -2.15. The molecule has 8 heteroatoms. The third kappa shape index (κ3) is 4.19. The molecule has 0 atom stereocenters. The number of hydrogen-bond acceptors (Lipinski definition) is 4. The van der Waals surface area contributed by atoms with Crippen LogP contribution in [0.5, 0.6) is 0 Å². The molecule has 0 fully saturated rings. The molecule has 108 valence electrons. The van der Waals surface area contributed by atoms with Gasteiger partial charge in [-0.1, -0.05) is 29.3 Å². The average molecular weight is 318 g/mol. The van der Waals surface area contributed by atoms with Gasteiger partial charge in [-0.2, -0.15) is 0 Å². The minimum atomic E-state index is -0.996. The first-order chi connectivity index (χ1) is 9.51. The minimum absolute atomic E-state index is 0.0719. The molecule has 6 nitrogen and oxygen atoms in total. The van der Waals surface area contributed by atoms with Crippen LogP contribution in [0.15, 0.2) is 18.2 Å². The Bertz CT molecular complexity index is 502. The number of nitrogens with zero attached hydrogens (tertiary/aromatic N) is 1. The van der Waals surface area contributed by atoms with Crippen LogP contribution in [0.1, 0.15) is 6.42 Å². The number of benzene rings is 1. The maximum Gasteiger partial charge on any atom is 0.318 e. The summed E-state index contributed by atoms with van der Waals surface area (Å²) in [5.41, 5.74) is 5.41. The van der Waals surface area contributed by atoms with Crippen molar-refractivity contribution in [2.45, 2.75) is 6.42 Å². The summed E-state index contributed by atoms with van der Waals surface area (Å²) in [5, 5.41) is 2.67. The van der Waals surface area contributed by atoms with Crippen LogP contribution in [0.4, 0.5) is 5.69 Å². The maximum atomic E-state index is 11.8. The minimum Gasteiger partial charge on any atom is -0.330 e. The van der Waals surface area contributed by atoms with Crippen LogP contribution < -0.4 is 11.1 Å². The average Bonchev–Trinajstić information content (AvgIpc) is 2.43. The molecule has 0 radical (unpaired) electrons. The van der Waals surface area contributed by atoms with Crippen molar-refractivity contribution in [3.8, 4) is 0 Å². The monoisotopic (exact) mass is 317 g/mol. The lowest BCUT2D eigenvalue weighted by atomic mass is 10.3. The van der Waals surface area contributed by atoms with Crippen LogP contribution in [0.2, 0.25) is 10.0 Å². The zero-order valence-electron chi connectivity index (χ0n) is 10.4. The predicted octanol–water partition coefficient (Wildman–Crippen LogP) is 1.27. The highest BCUT2D eigenvalue weighted by Crippen LogP contribution is 2.29. The molecule has 20 heavy (non-hydrogen) atoms. The van der Waals surface area contributed by atoms with Crippen molar-refractivity contribution in [1.29, 1.82) is 0 Å². The van der Waals surface area contributed by atoms with E-state index in [1.165, 1.54) is 12.1 Å². The number of nitrogens with two attached hydrogens (primary N) is 1. The first-order valence-corrected chi connectivity index (χ1v) is 6.48. The molecule has 0 aromatic heterocycles. The summed E-state index contributed by atoms with van der Waals surface area (Å²) in [5.74, 6) is -1.99. The number of carbonyl (C=O) groups excluding carboxylic acids is 3. The summed E-state index contributed by atoms with van der Waals surface area (Å²) in [6.45, 7) is 0.373. The van der Waals surface area contributed by atoms with E-state index in [2.05, 4.69) is 5.32 Å². The predicted molar refractivity (Wildman–Crippen MR) is 76.5 cm³/mol. The van der Waals surface area contributed by atoms with E-state index in [0.717, 1.165) is 4.90 Å². The highest BCUT2D eigenvalue weighted by atomic mass is 35.5. The molecule has 1 aromatic carbocycles. The Kier molecular flexibility index (Phi) is 6.44. The number of para-hydroxylation sites is 1. The molecule has 0 saturated heterocycles. The van der Waals surface area contributed by atoms with Crippen LogP contribution in [-0.2, 0) is 14.4 Å². The molecule has 0 aliphatic rings. The first kappa shape index (κ1) is 16.4. The fourth-order valence-electron chi connectivity index (χ4n) is 1.38. The van der Waals surface area contributed by atoms with Gasteiger partial charge in [0, 0.05) is 6.54 Å². The summed E-state index contributed by atoms with van der Waals surface area (Å²) >= 11 is 11.7. The quantitative estimate of drug-likeness (QED) is 0.631. The summed E-state index contributed by atoms with van der Waals surface area (Å²) in [6.07, 6.45) is 0.691. The van der Waals surface area contributed by atoms with Crippen molar-refractivity contribution in [2.75, 3.05) is 18.4 Å². The van der Waals surface area contributed by atoms with E-state index in [1.807, 2.05) is 0 Å². The van der Waals surface area contributed by atoms with Crippen LogP contribution in [-0.4, -0.2) is 36.2 Å². The second-order valence-corrected chi connectivity index (χ2v) is 4.61. The van der Waals surface area contributed by atoms with Crippen molar-refractivity contribution in [3.63, 3.8) is 0 Å². The van der Waals surface area contributed by atoms with Crippen molar-refractivity contribution >= 4 is 47.1 Å². The Labute approximate surface area is 125 Å². The largest absolute Gasteiger partial charge is 0.330 e. The molecule has 0 spiro atoms. The van der Waals surface area contributed by atoms with Gasteiger partial charge in [-0.3, -0.25) is 19.3 Å². The van der Waals surface area contributed by atoms with Gasteiger partial charge in [0.1, 0.15) is 0 Å². The number of anilines is 1. The fraction of sp³-hybridized carbons (Fsp3) is 0.250. The summed E-state index contributed by atoms with van der Waals surface area (Å²) in [4.78, 5) is 35.1. The Hall–Kier alpha value is -1.63. The van der Waals surface area contributed by atoms with Gasteiger partial charge in [-0.15, -0.1) is 0 Å². The highest BCUT2D eigenvalue weighted by Gasteiger charge is 2.22. The Morgan fingerprint density at radius 3 is 2.40 bits per heavy atom. The van der Waals surface area contributed by atoms with E-state index in [9.17, 15) is 14.4 Å². The smallest absolute Gasteiger partial charge is 0.318 e. The number of hydrogen-bond donors (Lipinski definition) is 2. The summed E-state index contributed by atoms with van der Waals surface area (Å²) < 4.78 is 0. The van der Waals surface area contributed by atoms with Gasteiger partial charge in [0.05, 0.1) is 15.7 Å². The summed E-state index contributed by atoms with van der Waals surface area (Å²) in [6, 6.07) is 4.62. The molecule has 0 heterocycles. The van der Waals surface area contributed by atoms with Gasteiger partial charge in [0.15, 0.2) is 0 Å². The molecule has 3 N–H and O–H groups in total. The number of imide groups is 1. The fourth-order valence-corrected chi connectivity index (χ4v) is 1.87. The molecule has 3 amide bonds. The molecule has 1 aromatic rings. The third-order valence-electron chi connectivity index (χ3n) is 2.39. The number of halogens is 2. The Balaban J connectivity index is 2.79. The molecule has 0 bridgehead atoms. The van der Waals surface area contributed by atoms with E-state index in [1.54, 1.807) is 6.07 Å². The van der Waals surface area contributed by atoms with Crippen molar-refractivity contribution in [2.24, 2.45) is 5.73 Å². The van der Waals surface area contributed by atoms with Crippen LogP contribution in [0.3, 0.4) is 0 Å². The van der Waals surface area contributed by atoms with Crippen molar-refractivity contribution in [1.82, 2.24) is 4.90 Å². The normalized spacial score (nSPS) is 9.95. The lowest BCUT2D eigenvalue weighted by molar-refractivity contribution is -0.146. The molecular formula is C12H13Cl2N3O3. The van der Waals surface area contributed by atoms with Gasteiger partial charge in [0.25, 0.3) is 0 Å². The second-order valence-electron chi connectivity index (χ2n) is 3.80. The van der Waals surface area contributed by atoms with Crippen LogP contribution in [0, 0.1) is 0 Å². The highest BCUT2D eigenvalue weighted by molar-refractivity contribution is 6.45. The second kappa shape index (κ2) is 7.84. The number of carbonyl (C=O) groups is 3. The molecule has 0 aliphatic carbocycles. The van der Waals surface area contributed by atoms with Crippen molar-refractivity contribution < 1.29 is 14.4 Å². The standard InChI is InChI=1S/C12H13Cl2N3O3/c13-8-3-1-4-9(14)10(8)16-11(19)12(20)17(7-18)6-2-5-15/h1,3-4,7H,2,5-6,15H2,(H,16,19). The zero-order chi connectivity index (χ0) is 15.1. The maximum absolute atomic E-state index is 11.8. The van der Waals surface area contributed by atoms with Crippen molar-refractivity contribution in [3.05, 3.63) is 28.2 Å². The van der Waals surface area contributed by atoms with E-state index in [0.29, 0.717) is 13.0 Å².